The zero-order valence-electron chi connectivity index (χ0n) is 23.1. The molecule has 0 aliphatic heterocycles. The van der Waals surface area contributed by atoms with Crippen LogP contribution in [0.3, 0.4) is 0 Å². The predicted molar refractivity (Wildman–Crippen MR) is 156 cm³/mol. The molecule has 0 aliphatic rings. The highest BCUT2D eigenvalue weighted by atomic mass is 32.2. The largest absolute Gasteiger partial charge is 0.481 e. The number of hydrogen-bond donors (Lipinski definition) is 8. The Balaban J connectivity index is 2.15. The average molecular weight is 593 g/mol. The van der Waals surface area contributed by atoms with Gasteiger partial charge in [-0.25, -0.2) is 4.79 Å². The van der Waals surface area contributed by atoms with Crippen LogP contribution in [-0.2, 0) is 30.4 Å². The molecule has 41 heavy (non-hydrogen) atoms. The number of thioether (sulfide) groups is 1. The van der Waals surface area contributed by atoms with E-state index in [-0.39, 0.29) is 32.1 Å². The molecule has 1 heterocycles. The maximum atomic E-state index is 13.3. The van der Waals surface area contributed by atoms with Crippen molar-refractivity contribution in [3.63, 3.8) is 0 Å². The number of carbonyl (C=O) groups excluding carboxylic acids is 3. The van der Waals surface area contributed by atoms with Crippen LogP contribution >= 0.6 is 11.8 Å². The predicted octanol–water partition coefficient (Wildman–Crippen LogP) is 0.324. The lowest BCUT2D eigenvalue weighted by Gasteiger charge is -2.25. The van der Waals surface area contributed by atoms with E-state index in [0.717, 1.165) is 16.5 Å². The second-order valence-electron chi connectivity index (χ2n) is 9.69. The van der Waals surface area contributed by atoms with E-state index in [0.29, 0.717) is 25.1 Å². The third-order valence-corrected chi connectivity index (χ3v) is 7.19. The van der Waals surface area contributed by atoms with Gasteiger partial charge in [0.15, 0.2) is 0 Å². The first kappa shape index (κ1) is 33.6. The minimum Gasteiger partial charge on any atom is -0.481 e. The third-order valence-electron chi connectivity index (χ3n) is 6.54. The highest BCUT2D eigenvalue weighted by Crippen LogP contribution is 2.19. The molecule has 226 valence electrons. The van der Waals surface area contributed by atoms with E-state index in [2.05, 4.69) is 20.9 Å². The zero-order valence-corrected chi connectivity index (χ0v) is 23.9. The Morgan fingerprint density at radius 3 is 2.17 bits per heavy atom. The van der Waals surface area contributed by atoms with Gasteiger partial charge in [-0.15, -0.1) is 0 Å². The third kappa shape index (κ3) is 11.1. The highest BCUT2D eigenvalue weighted by Gasteiger charge is 2.30. The first-order valence-electron chi connectivity index (χ1n) is 13.4. The van der Waals surface area contributed by atoms with Gasteiger partial charge in [0, 0.05) is 29.9 Å². The number of aromatic nitrogens is 1. The molecule has 10 N–H and O–H groups in total. The number of nitrogens with one attached hydrogen (secondary N) is 4. The van der Waals surface area contributed by atoms with Crippen LogP contribution in [-0.4, -0.2) is 87.6 Å². The Bertz CT molecular complexity index is 1190. The van der Waals surface area contributed by atoms with E-state index in [1.165, 1.54) is 11.8 Å². The molecule has 0 saturated heterocycles. The topological polar surface area (TPSA) is 230 Å². The molecule has 0 fully saturated rings. The number of carboxylic acid groups (broad SMARTS) is 2. The molecular formula is C27H40N6O7S. The fourth-order valence-electron chi connectivity index (χ4n) is 4.22. The van der Waals surface area contributed by atoms with Crippen molar-refractivity contribution in [1.82, 2.24) is 20.9 Å². The number of fused-ring (bicyclic) bond motifs is 1. The smallest absolute Gasteiger partial charge is 0.326 e. The van der Waals surface area contributed by atoms with Crippen LogP contribution in [0.5, 0.6) is 0 Å². The maximum absolute atomic E-state index is 13.3. The number of para-hydroxylation sites is 1. The zero-order chi connectivity index (χ0) is 30.4. The molecule has 13 nitrogen and oxygen atoms in total. The number of carboxylic acids is 2. The number of rotatable bonds is 19. The van der Waals surface area contributed by atoms with Gasteiger partial charge in [0.2, 0.25) is 17.7 Å². The minimum absolute atomic E-state index is 0.0230. The summed E-state index contributed by atoms with van der Waals surface area (Å²) in [5.74, 6) is -3.79. The Hall–Kier alpha value is -3.62. The number of amides is 3. The Labute approximate surface area is 242 Å². The van der Waals surface area contributed by atoms with Crippen molar-refractivity contribution in [2.45, 2.75) is 69.1 Å². The normalized spacial score (nSPS) is 14.0. The van der Waals surface area contributed by atoms with Crippen molar-refractivity contribution in [2.75, 3.05) is 18.6 Å². The maximum Gasteiger partial charge on any atom is 0.326 e. The average Bonchev–Trinajstić information content (AvgIpc) is 3.35. The molecule has 0 saturated carbocycles. The van der Waals surface area contributed by atoms with Gasteiger partial charge in [-0.05, 0) is 62.3 Å². The number of aliphatic carboxylic acids is 2. The van der Waals surface area contributed by atoms with E-state index >= 15 is 0 Å². The van der Waals surface area contributed by atoms with Crippen LogP contribution in [0.25, 0.3) is 10.9 Å². The molecule has 1 aromatic carbocycles. The highest BCUT2D eigenvalue weighted by molar-refractivity contribution is 7.98. The Morgan fingerprint density at radius 1 is 0.902 bits per heavy atom. The molecule has 0 bridgehead atoms. The summed E-state index contributed by atoms with van der Waals surface area (Å²) in [7, 11) is 0. The molecule has 3 amide bonds. The van der Waals surface area contributed by atoms with Crippen molar-refractivity contribution in [3.05, 3.63) is 36.0 Å². The lowest BCUT2D eigenvalue weighted by atomic mass is 10.0. The van der Waals surface area contributed by atoms with Crippen molar-refractivity contribution >= 4 is 52.3 Å². The van der Waals surface area contributed by atoms with Crippen LogP contribution in [0.2, 0.25) is 0 Å². The number of unbranched alkanes of at least 4 members (excludes halogenated alkanes) is 1. The monoisotopic (exact) mass is 592 g/mol. The molecule has 1 aromatic heterocycles. The molecule has 14 heteroatoms. The number of aromatic amines is 1. The van der Waals surface area contributed by atoms with Gasteiger partial charge in [-0.2, -0.15) is 11.8 Å². The molecule has 0 radical (unpaired) electrons. The van der Waals surface area contributed by atoms with Gasteiger partial charge in [0.25, 0.3) is 0 Å². The summed E-state index contributed by atoms with van der Waals surface area (Å²) in [6.07, 6.45) is 4.67. The number of H-pyrrole nitrogens is 1. The summed E-state index contributed by atoms with van der Waals surface area (Å²) in [5.41, 5.74) is 13.0. The van der Waals surface area contributed by atoms with E-state index in [9.17, 15) is 29.1 Å². The number of carbonyl (C=O) groups is 5. The van der Waals surface area contributed by atoms with Crippen LogP contribution in [0, 0.1) is 0 Å². The SMILES string of the molecule is CSCCC(NC(=O)C(N)CCC(=O)O)C(=O)NC(CCCCN)C(=O)NC(Cc1c[nH]c2ccccc12)C(=O)O. The van der Waals surface area contributed by atoms with Gasteiger partial charge in [-0.3, -0.25) is 19.2 Å². The molecule has 0 spiro atoms. The van der Waals surface area contributed by atoms with Gasteiger partial charge < -0.3 is 42.6 Å². The second-order valence-corrected chi connectivity index (χ2v) is 10.7. The summed E-state index contributed by atoms with van der Waals surface area (Å²) in [4.78, 5) is 65.1. The van der Waals surface area contributed by atoms with Crippen LogP contribution in [0.4, 0.5) is 0 Å². The molecule has 0 aliphatic carbocycles. The number of benzene rings is 1. The number of nitrogens with two attached hydrogens (primary N) is 2. The Kier molecular flexibility index (Phi) is 14.1. The minimum atomic E-state index is -1.25. The van der Waals surface area contributed by atoms with Crippen molar-refractivity contribution in [1.29, 1.82) is 0 Å². The lowest BCUT2D eigenvalue weighted by molar-refractivity contribution is -0.142. The van der Waals surface area contributed by atoms with Gasteiger partial charge in [0.05, 0.1) is 6.04 Å². The van der Waals surface area contributed by atoms with Crippen molar-refractivity contribution in [3.8, 4) is 0 Å². The lowest BCUT2D eigenvalue weighted by Crippen LogP contribution is -2.57. The molecule has 4 unspecified atom stereocenters. The van der Waals surface area contributed by atoms with Gasteiger partial charge in [0.1, 0.15) is 18.1 Å². The van der Waals surface area contributed by atoms with E-state index in [1.807, 2.05) is 30.5 Å². The fraction of sp³-hybridized carbons (Fsp3) is 0.519. The summed E-state index contributed by atoms with van der Waals surface area (Å²) >= 11 is 1.45. The summed E-state index contributed by atoms with van der Waals surface area (Å²) in [6.45, 7) is 0.376. The van der Waals surface area contributed by atoms with E-state index in [4.69, 9.17) is 16.6 Å². The number of hydrogen-bond acceptors (Lipinski definition) is 8. The molecule has 2 rings (SSSR count). The van der Waals surface area contributed by atoms with Crippen molar-refractivity contribution < 1.29 is 34.2 Å². The quantitative estimate of drug-likeness (QED) is 0.104. The van der Waals surface area contributed by atoms with Crippen LogP contribution in [0.1, 0.15) is 44.1 Å². The van der Waals surface area contributed by atoms with E-state index < -0.39 is 53.8 Å². The van der Waals surface area contributed by atoms with Gasteiger partial charge >= 0.3 is 11.9 Å². The standard InChI is InChI=1S/C27H40N6O7S/c1-41-13-11-21(31-24(36)18(29)9-10-23(34)35)26(38)32-20(8-4-5-12-28)25(37)33-22(27(39)40)14-16-15-30-19-7-3-2-6-17(16)19/h2-3,6-7,15,18,20-22,30H,4-5,8-14,28-29H2,1H3,(H,31,36)(H,32,38)(H,33,37)(H,34,35)(H,39,40). The summed E-state index contributed by atoms with van der Waals surface area (Å²) in [6, 6.07) is 2.92. The first-order chi connectivity index (χ1) is 19.6. The first-order valence-corrected chi connectivity index (χ1v) is 14.8. The summed E-state index contributed by atoms with van der Waals surface area (Å²) < 4.78 is 0. The molecule has 2 aromatic rings. The second kappa shape index (κ2) is 17.3. The van der Waals surface area contributed by atoms with Crippen molar-refractivity contribution in [2.24, 2.45) is 11.5 Å². The van der Waals surface area contributed by atoms with E-state index in [1.54, 1.807) is 6.20 Å². The van der Waals surface area contributed by atoms with Crippen LogP contribution < -0.4 is 27.4 Å². The van der Waals surface area contributed by atoms with Crippen LogP contribution in [0.15, 0.2) is 30.5 Å². The molecule has 4 atom stereocenters. The fourth-order valence-corrected chi connectivity index (χ4v) is 4.69. The van der Waals surface area contributed by atoms with Gasteiger partial charge in [-0.1, -0.05) is 18.2 Å². The summed E-state index contributed by atoms with van der Waals surface area (Å²) in [5, 5.41) is 27.3. The molecular weight excluding hydrogens is 552 g/mol. The Morgan fingerprint density at radius 2 is 1.54 bits per heavy atom.